The van der Waals surface area contributed by atoms with Crippen LogP contribution in [0.1, 0.15) is 49.1 Å². The molecule has 0 radical (unpaired) electrons. The van der Waals surface area contributed by atoms with Crippen LogP contribution in [0.3, 0.4) is 0 Å². The van der Waals surface area contributed by atoms with Gasteiger partial charge < -0.3 is 10.6 Å². The molecule has 0 saturated carbocycles. The SMILES string of the molecule is Cc1cc(Cl)cc(C(=O)NCc2ccccc2)c1NC(=O)c1cc(Cn2nc(C(F)(F)F)c(C(F)(F)F)n2)nn1-c1ncccc1Cl. The van der Waals surface area contributed by atoms with Gasteiger partial charge in [-0.05, 0) is 48.4 Å². The summed E-state index contributed by atoms with van der Waals surface area (Å²) in [5, 5.41) is 15.8. The Bertz CT molecular complexity index is 1930. The molecule has 0 aliphatic heterocycles. The first kappa shape index (κ1) is 33.4. The minimum atomic E-state index is -5.45. The lowest BCUT2D eigenvalue weighted by molar-refractivity contribution is -0.165. The number of nitrogens with one attached hydrogen (secondary N) is 2. The van der Waals surface area contributed by atoms with Gasteiger partial charge in [-0.25, -0.2) is 9.67 Å². The Labute approximate surface area is 271 Å². The van der Waals surface area contributed by atoms with Crippen molar-refractivity contribution >= 4 is 40.7 Å². The number of aromatic nitrogens is 6. The van der Waals surface area contributed by atoms with Crippen LogP contribution in [-0.2, 0) is 25.4 Å². The Morgan fingerprint density at radius 1 is 0.851 bits per heavy atom. The maximum Gasteiger partial charge on any atom is 0.437 e. The first-order valence-corrected chi connectivity index (χ1v) is 14.1. The number of aryl methyl sites for hydroxylation is 1. The number of halogens is 8. The number of nitrogens with zero attached hydrogens (tertiary/aromatic N) is 6. The van der Waals surface area contributed by atoms with Gasteiger partial charge in [-0.2, -0.15) is 36.2 Å². The third kappa shape index (κ3) is 7.55. The van der Waals surface area contributed by atoms with Gasteiger partial charge in [0.25, 0.3) is 11.8 Å². The van der Waals surface area contributed by atoms with Crippen LogP contribution in [0.15, 0.2) is 66.9 Å². The smallest absolute Gasteiger partial charge is 0.348 e. The Hall–Kier alpha value is -4.96. The van der Waals surface area contributed by atoms with Crippen LogP contribution in [0.2, 0.25) is 10.0 Å². The lowest BCUT2D eigenvalue weighted by Gasteiger charge is -2.15. The molecule has 5 aromatic rings. The molecule has 0 fully saturated rings. The van der Waals surface area contributed by atoms with Crippen molar-refractivity contribution in [1.82, 2.24) is 35.1 Å². The van der Waals surface area contributed by atoms with Gasteiger partial charge in [0, 0.05) is 17.8 Å². The highest BCUT2D eigenvalue weighted by Crippen LogP contribution is 2.38. The fourth-order valence-electron chi connectivity index (χ4n) is 4.45. The maximum absolute atomic E-state index is 13.8. The molecule has 3 aromatic heterocycles. The van der Waals surface area contributed by atoms with E-state index in [1.54, 1.807) is 31.2 Å². The summed E-state index contributed by atoms with van der Waals surface area (Å²) in [7, 11) is 0. The largest absolute Gasteiger partial charge is 0.437 e. The van der Waals surface area contributed by atoms with E-state index in [1.165, 1.54) is 30.5 Å². The Balaban J connectivity index is 1.51. The third-order valence-electron chi connectivity index (χ3n) is 6.51. The summed E-state index contributed by atoms with van der Waals surface area (Å²) in [6, 6.07) is 15.9. The van der Waals surface area contributed by atoms with E-state index >= 15 is 0 Å². The number of rotatable bonds is 8. The van der Waals surface area contributed by atoms with E-state index in [-0.39, 0.29) is 49.8 Å². The van der Waals surface area contributed by atoms with Gasteiger partial charge in [-0.3, -0.25) is 9.59 Å². The number of benzene rings is 2. The molecule has 2 aromatic carbocycles. The highest BCUT2D eigenvalue weighted by molar-refractivity contribution is 6.32. The molecule has 0 saturated heterocycles. The molecule has 2 amide bonds. The summed E-state index contributed by atoms with van der Waals surface area (Å²) in [6.07, 6.45) is -9.57. The Kier molecular flexibility index (Phi) is 9.27. The topological polar surface area (TPSA) is 120 Å². The van der Waals surface area contributed by atoms with Gasteiger partial charge in [0.1, 0.15) is 12.2 Å². The molecule has 2 N–H and O–H groups in total. The Morgan fingerprint density at radius 2 is 1.51 bits per heavy atom. The van der Waals surface area contributed by atoms with E-state index in [0.29, 0.717) is 5.56 Å². The van der Waals surface area contributed by atoms with Crippen molar-refractivity contribution in [3.05, 3.63) is 116 Å². The predicted octanol–water partition coefficient (Wildman–Crippen LogP) is 6.74. The maximum atomic E-state index is 13.8. The summed E-state index contributed by atoms with van der Waals surface area (Å²) < 4.78 is 80.8. The monoisotopic (exact) mass is 696 g/mol. The van der Waals surface area contributed by atoms with Crippen LogP contribution < -0.4 is 10.6 Å². The van der Waals surface area contributed by atoms with Gasteiger partial charge in [0.05, 0.1) is 22.0 Å². The number of anilines is 1. The normalized spacial score (nSPS) is 11.9. The first-order chi connectivity index (χ1) is 22.1. The molecule has 10 nitrogen and oxygen atoms in total. The molecule has 244 valence electrons. The molecule has 0 aliphatic carbocycles. The molecule has 18 heteroatoms. The summed E-state index contributed by atoms with van der Waals surface area (Å²) in [4.78, 5) is 31.3. The zero-order valence-corrected chi connectivity index (χ0v) is 25.3. The standard InChI is InChI=1S/C29H20Cl2F6N8O2/c1-15-10-17(30)11-19(26(46)39-13-16-6-3-2-4-7-16)22(15)40-27(47)21-12-18(41-45(21)25-20(31)8-5-9-38-25)14-44-42-23(28(32,33)34)24(43-44)29(35,36)37/h2-12H,13-14H2,1H3,(H,39,46)(H,40,47). The van der Waals surface area contributed by atoms with Gasteiger partial charge in [0.2, 0.25) is 0 Å². The van der Waals surface area contributed by atoms with Crippen molar-refractivity contribution < 1.29 is 35.9 Å². The molecular formula is C29H20Cl2F6N8O2. The van der Waals surface area contributed by atoms with Gasteiger partial charge in [0.15, 0.2) is 17.2 Å². The second-order valence-corrected chi connectivity index (χ2v) is 10.8. The second-order valence-electron chi connectivity index (χ2n) is 9.93. The number of carbonyl (C=O) groups excluding carboxylic acids is 2. The van der Waals surface area contributed by atoms with E-state index < -0.39 is 42.1 Å². The summed E-state index contributed by atoms with van der Waals surface area (Å²) in [5.74, 6) is -1.53. The molecule has 0 atom stereocenters. The Morgan fingerprint density at radius 3 is 2.13 bits per heavy atom. The molecule has 0 unspecified atom stereocenters. The van der Waals surface area contributed by atoms with Crippen molar-refractivity contribution in [2.75, 3.05) is 5.32 Å². The fraction of sp³-hybridized carbons (Fsp3) is 0.172. The highest BCUT2D eigenvalue weighted by Gasteiger charge is 2.48. The first-order valence-electron chi connectivity index (χ1n) is 13.3. The van der Waals surface area contributed by atoms with Crippen LogP contribution in [0.25, 0.3) is 5.82 Å². The number of hydrogen-bond donors (Lipinski definition) is 2. The average Bonchev–Trinajstić information content (AvgIpc) is 3.63. The second kappa shape index (κ2) is 13.0. The number of alkyl halides is 6. The van der Waals surface area contributed by atoms with Crippen molar-refractivity contribution in [2.24, 2.45) is 0 Å². The zero-order valence-electron chi connectivity index (χ0n) is 23.8. The van der Waals surface area contributed by atoms with E-state index in [2.05, 4.69) is 30.9 Å². The van der Waals surface area contributed by atoms with E-state index in [9.17, 15) is 35.9 Å². The average molecular weight is 697 g/mol. The van der Waals surface area contributed by atoms with Crippen molar-refractivity contribution in [2.45, 2.75) is 32.4 Å². The highest BCUT2D eigenvalue weighted by atomic mass is 35.5. The summed E-state index contributed by atoms with van der Waals surface area (Å²) in [5.41, 5.74) is -3.67. The lowest BCUT2D eigenvalue weighted by Crippen LogP contribution is -2.26. The number of amides is 2. The summed E-state index contributed by atoms with van der Waals surface area (Å²) >= 11 is 12.5. The number of hydrogen-bond acceptors (Lipinski definition) is 6. The molecular weight excluding hydrogens is 677 g/mol. The predicted molar refractivity (Wildman–Crippen MR) is 157 cm³/mol. The van der Waals surface area contributed by atoms with Gasteiger partial charge >= 0.3 is 12.4 Å². The molecule has 0 bridgehead atoms. The number of carbonyl (C=O) groups is 2. The summed E-state index contributed by atoms with van der Waals surface area (Å²) in [6.45, 7) is 0.957. The van der Waals surface area contributed by atoms with Crippen LogP contribution >= 0.6 is 23.2 Å². The molecule has 3 heterocycles. The molecule has 0 aliphatic rings. The quantitative estimate of drug-likeness (QED) is 0.174. The third-order valence-corrected chi connectivity index (χ3v) is 7.02. The minimum absolute atomic E-state index is 0.00998. The van der Waals surface area contributed by atoms with Crippen molar-refractivity contribution in [3.63, 3.8) is 0 Å². The van der Waals surface area contributed by atoms with Crippen molar-refractivity contribution in [1.29, 1.82) is 0 Å². The van der Waals surface area contributed by atoms with Crippen LogP contribution in [0.5, 0.6) is 0 Å². The molecule has 47 heavy (non-hydrogen) atoms. The van der Waals surface area contributed by atoms with E-state index in [1.807, 2.05) is 6.07 Å². The van der Waals surface area contributed by atoms with Crippen LogP contribution in [-0.4, -0.2) is 41.6 Å². The van der Waals surface area contributed by atoms with Gasteiger partial charge in [-0.15, -0.1) is 10.2 Å². The van der Waals surface area contributed by atoms with Crippen LogP contribution in [0.4, 0.5) is 32.0 Å². The van der Waals surface area contributed by atoms with E-state index in [0.717, 1.165) is 16.3 Å². The zero-order chi connectivity index (χ0) is 34.1. The lowest BCUT2D eigenvalue weighted by atomic mass is 10.1. The molecule has 0 spiro atoms. The van der Waals surface area contributed by atoms with Crippen LogP contribution in [0, 0.1) is 6.92 Å². The van der Waals surface area contributed by atoms with Gasteiger partial charge in [-0.1, -0.05) is 53.5 Å². The molecule has 5 rings (SSSR count). The van der Waals surface area contributed by atoms with Crippen molar-refractivity contribution in [3.8, 4) is 5.82 Å². The number of pyridine rings is 1. The minimum Gasteiger partial charge on any atom is -0.348 e. The fourth-order valence-corrected chi connectivity index (χ4v) is 4.92. The van der Waals surface area contributed by atoms with E-state index in [4.69, 9.17) is 23.2 Å².